The Hall–Kier alpha value is -1.61. The number of benzene rings is 1. The summed E-state index contributed by atoms with van der Waals surface area (Å²) in [7, 11) is 0. The largest absolute Gasteiger partial charge is 0.373 e. The molecule has 1 aliphatic heterocycles. The molecular weight excluding hydrogens is 274 g/mol. The number of anilines is 1. The second kappa shape index (κ2) is 4.95. The van der Waals surface area contributed by atoms with Crippen molar-refractivity contribution in [1.82, 2.24) is 0 Å². The fraction of sp³-hybridized carbons (Fsp3) is 0.526. The first-order chi connectivity index (χ1) is 10.7. The highest BCUT2D eigenvalue weighted by molar-refractivity contribution is 6.00. The van der Waals surface area contributed by atoms with E-state index in [0.717, 1.165) is 36.1 Å². The number of para-hydroxylation sites is 1. The van der Waals surface area contributed by atoms with E-state index >= 15 is 0 Å². The topological polar surface area (TPSA) is 40.5 Å². The van der Waals surface area contributed by atoms with E-state index in [1.54, 1.807) is 4.90 Å². The Morgan fingerprint density at radius 2 is 1.77 bits per heavy atom. The molecule has 1 saturated carbocycles. The van der Waals surface area contributed by atoms with Crippen molar-refractivity contribution in [2.45, 2.75) is 39.3 Å². The minimum absolute atomic E-state index is 0.0142. The summed E-state index contributed by atoms with van der Waals surface area (Å²) < 4.78 is 0. The van der Waals surface area contributed by atoms with Gasteiger partial charge in [0, 0.05) is 5.92 Å². The van der Waals surface area contributed by atoms with Crippen LogP contribution in [0.2, 0.25) is 0 Å². The van der Waals surface area contributed by atoms with Gasteiger partial charge in [-0.1, -0.05) is 44.2 Å². The maximum absolute atomic E-state index is 13.1. The molecule has 5 unspecified atom stereocenters. The van der Waals surface area contributed by atoms with Gasteiger partial charge in [0.2, 0.25) is 5.91 Å². The van der Waals surface area contributed by atoms with Crippen molar-refractivity contribution in [1.29, 1.82) is 0 Å². The molecule has 116 valence electrons. The number of amides is 1. The van der Waals surface area contributed by atoms with Gasteiger partial charge in [-0.2, -0.15) is 0 Å². The van der Waals surface area contributed by atoms with E-state index in [1.165, 1.54) is 0 Å². The summed E-state index contributed by atoms with van der Waals surface area (Å²) in [4.78, 5) is 14.8. The van der Waals surface area contributed by atoms with Crippen LogP contribution < -0.4 is 4.90 Å². The smallest absolute Gasteiger partial charge is 0.233 e. The van der Waals surface area contributed by atoms with Gasteiger partial charge >= 0.3 is 0 Å². The van der Waals surface area contributed by atoms with Crippen LogP contribution in [-0.2, 0) is 17.6 Å². The molecule has 1 saturated heterocycles. The zero-order chi connectivity index (χ0) is 15.4. The number of aryl methyl sites for hydroxylation is 2. The summed E-state index contributed by atoms with van der Waals surface area (Å²) in [5, 5.41) is 10.9. The van der Waals surface area contributed by atoms with Gasteiger partial charge in [0.05, 0.1) is 11.6 Å². The zero-order valence-corrected chi connectivity index (χ0v) is 13.2. The molecular formula is C19H23NO2. The summed E-state index contributed by atoms with van der Waals surface area (Å²) in [6.07, 6.45) is 6.52. The SMILES string of the molecule is CCc1cccc(CC)c1N1C(=O)C2C3C=CC(C3)C2C1O. The molecule has 3 nitrogen and oxygen atoms in total. The van der Waals surface area contributed by atoms with Gasteiger partial charge in [-0.15, -0.1) is 0 Å². The van der Waals surface area contributed by atoms with Gasteiger partial charge < -0.3 is 5.11 Å². The van der Waals surface area contributed by atoms with Crippen LogP contribution in [0.5, 0.6) is 0 Å². The number of rotatable bonds is 3. The first kappa shape index (κ1) is 14.0. The molecule has 0 aromatic heterocycles. The summed E-state index contributed by atoms with van der Waals surface area (Å²) in [5.74, 6) is 0.903. The van der Waals surface area contributed by atoms with E-state index in [2.05, 4.69) is 44.2 Å². The van der Waals surface area contributed by atoms with Crippen LogP contribution in [0.15, 0.2) is 30.4 Å². The van der Waals surface area contributed by atoms with Crippen LogP contribution in [-0.4, -0.2) is 17.2 Å². The highest BCUT2D eigenvalue weighted by Crippen LogP contribution is 2.55. The van der Waals surface area contributed by atoms with Crippen molar-refractivity contribution >= 4 is 11.6 Å². The van der Waals surface area contributed by atoms with E-state index < -0.39 is 6.23 Å². The summed E-state index contributed by atoms with van der Waals surface area (Å²) >= 11 is 0. The molecule has 2 fully saturated rings. The number of hydrogen-bond acceptors (Lipinski definition) is 2. The third-order valence-corrected chi connectivity index (χ3v) is 5.86. The molecule has 4 rings (SSSR count). The van der Waals surface area contributed by atoms with E-state index in [-0.39, 0.29) is 17.7 Å². The van der Waals surface area contributed by atoms with Crippen LogP contribution in [0, 0.1) is 23.7 Å². The van der Waals surface area contributed by atoms with Crippen LogP contribution in [0.3, 0.4) is 0 Å². The predicted molar refractivity (Wildman–Crippen MR) is 86.4 cm³/mol. The summed E-state index contributed by atoms with van der Waals surface area (Å²) in [6.45, 7) is 4.22. The van der Waals surface area contributed by atoms with Gasteiger partial charge in [0.25, 0.3) is 0 Å². The van der Waals surface area contributed by atoms with Crippen molar-refractivity contribution in [3.05, 3.63) is 41.5 Å². The Bertz CT molecular complexity index is 629. The van der Waals surface area contributed by atoms with Crippen molar-refractivity contribution in [3.63, 3.8) is 0 Å². The maximum atomic E-state index is 13.1. The first-order valence-electron chi connectivity index (χ1n) is 8.47. The Balaban J connectivity index is 1.80. The van der Waals surface area contributed by atoms with E-state index in [0.29, 0.717) is 11.8 Å². The van der Waals surface area contributed by atoms with Crippen LogP contribution in [0.25, 0.3) is 0 Å². The number of nitrogens with zero attached hydrogens (tertiary/aromatic N) is 1. The number of carbonyl (C=O) groups is 1. The average Bonchev–Trinajstić information content (AvgIpc) is 3.21. The molecule has 0 spiro atoms. The lowest BCUT2D eigenvalue weighted by Gasteiger charge is -2.29. The number of aliphatic hydroxyl groups is 1. The van der Waals surface area contributed by atoms with Gasteiger partial charge in [-0.25, -0.2) is 0 Å². The number of fused-ring (bicyclic) bond motifs is 5. The van der Waals surface area contributed by atoms with Crippen molar-refractivity contribution in [3.8, 4) is 0 Å². The molecule has 5 atom stereocenters. The van der Waals surface area contributed by atoms with Crippen LogP contribution in [0.4, 0.5) is 5.69 Å². The molecule has 22 heavy (non-hydrogen) atoms. The molecule has 2 aliphatic carbocycles. The molecule has 3 aliphatic rings. The number of aliphatic hydroxyl groups excluding tert-OH is 1. The number of hydrogen-bond donors (Lipinski definition) is 1. The number of carbonyl (C=O) groups excluding carboxylic acids is 1. The first-order valence-corrected chi connectivity index (χ1v) is 8.47. The molecule has 1 aromatic rings. The van der Waals surface area contributed by atoms with Crippen LogP contribution >= 0.6 is 0 Å². The minimum atomic E-state index is -0.671. The third-order valence-electron chi connectivity index (χ3n) is 5.86. The molecule has 1 heterocycles. The molecule has 1 amide bonds. The van der Waals surface area contributed by atoms with Gasteiger partial charge in [-0.05, 0) is 42.2 Å². The van der Waals surface area contributed by atoms with Gasteiger partial charge in [0.15, 0.2) is 0 Å². The Labute approximate surface area is 131 Å². The summed E-state index contributed by atoms with van der Waals surface area (Å²) in [6, 6.07) is 6.21. The maximum Gasteiger partial charge on any atom is 0.233 e. The zero-order valence-electron chi connectivity index (χ0n) is 13.2. The van der Waals surface area contributed by atoms with E-state index in [4.69, 9.17) is 0 Å². The molecule has 1 N–H and O–H groups in total. The normalized spacial score (nSPS) is 35.5. The van der Waals surface area contributed by atoms with Crippen molar-refractivity contribution < 1.29 is 9.90 Å². The molecule has 3 heteroatoms. The van der Waals surface area contributed by atoms with Gasteiger partial charge in [-0.3, -0.25) is 9.69 Å². The number of allylic oxidation sites excluding steroid dienone is 2. The molecule has 0 radical (unpaired) electrons. The van der Waals surface area contributed by atoms with Gasteiger partial charge in [0.1, 0.15) is 6.23 Å². The lowest BCUT2D eigenvalue weighted by Crippen LogP contribution is -2.38. The average molecular weight is 297 g/mol. The molecule has 1 aromatic carbocycles. The summed E-state index contributed by atoms with van der Waals surface area (Å²) in [5.41, 5.74) is 3.29. The van der Waals surface area contributed by atoms with Crippen molar-refractivity contribution in [2.24, 2.45) is 23.7 Å². The van der Waals surface area contributed by atoms with E-state index in [1.807, 2.05) is 0 Å². The van der Waals surface area contributed by atoms with Crippen LogP contribution in [0.1, 0.15) is 31.4 Å². The standard InChI is InChI=1S/C19H23NO2/c1-3-11-6-5-7-12(4-2)17(11)20-18(21)15-13-8-9-14(10-13)16(15)19(20)22/h5-9,13-16,18,21H,3-4,10H2,1-2H3. The second-order valence-corrected chi connectivity index (χ2v) is 6.81. The highest BCUT2D eigenvalue weighted by atomic mass is 16.3. The lowest BCUT2D eigenvalue weighted by molar-refractivity contribution is -0.121. The quantitative estimate of drug-likeness (QED) is 0.872. The third kappa shape index (κ3) is 1.69. The Kier molecular flexibility index (Phi) is 3.15. The van der Waals surface area contributed by atoms with E-state index in [9.17, 15) is 9.90 Å². The van der Waals surface area contributed by atoms with Crippen molar-refractivity contribution in [2.75, 3.05) is 4.90 Å². The lowest BCUT2D eigenvalue weighted by atomic mass is 9.85. The highest BCUT2D eigenvalue weighted by Gasteiger charge is 2.59. The Morgan fingerprint density at radius 3 is 2.36 bits per heavy atom. The fourth-order valence-electron chi connectivity index (χ4n) is 4.84. The monoisotopic (exact) mass is 297 g/mol. The Morgan fingerprint density at radius 1 is 1.14 bits per heavy atom. The second-order valence-electron chi connectivity index (χ2n) is 6.81. The minimum Gasteiger partial charge on any atom is -0.373 e. The predicted octanol–water partition coefficient (Wildman–Crippen LogP) is 2.91. The fourth-order valence-corrected chi connectivity index (χ4v) is 4.84. The molecule has 2 bridgehead atoms.